The van der Waals surface area contributed by atoms with Crippen molar-refractivity contribution < 1.29 is 21.1 Å². The van der Waals surface area contributed by atoms with Crippen LogP contribution in [-0.2, 0) is 31.9 Å². The zero-order valence-corrected chi connectivity index (χ0v) is 20.4. The average Bonchev–Trinajstić information content (AvgIpc) is 3.38. The van der Waals surface area contributed by atoms with Gasteiger partial charge < -0.3 is 0 Å². The van der Waals surface area contributed by atoms with Gasteiger partial charge in [0.15, 0.2) is 0 Å². The van der Waals surface area contributed by atoms with E-state index in [4.69, 9.17) is 10.2 Å². The van der Waals surface area contributed by atoms with Gasteiger partial charge in [-0.2, -0.15) is 46.1 Å². The quantitative estimate of drug-likeness (QED) is 0.257. The second-order valence-electron chi connectivity index (χ2n) is 8.45. The van der Waals surface area contributed by atoms with Gasteiger partial charge in [-0.1, -0.05) is 44.4 Å². The number of fused-ring (bicyclic) bond motifs is 10. The van der Waals surface area contributed by atoms with Crippen molar-refractivity contribution >= 4 is 11.8 Å². The van der Waals surface area contributed by atoms with Crippen molar-refractivity contribution in [3.05, 3.63) is 84.3 Å². The van der Waals surface area contributed by atoms with Gasteiger partial charge in [-0.15, -0.1) is 18.2 Å². The zero-order valence-electron chi connectivity index (χ0n) is 17.3. The van der Waals surface area contributed by atoms with E-state index in [-0.39, 0.29) is 31.9 Å². The Morgan fingerprint density at radius 2 is 1.43 bits per heavy atom. The van der Waals surface area contributed by atoms with Gasteiger partial charge in [0.2, 0.25) is 0 Å². The normalized spacial score (nSPS) is 16.1. The monoisotopic (exact) mass is 593 g/mol. The molecule has 4 nitrogen and oxygen atoms in total. The standard InChI is InChI=1S/C24H22N4S.Pt/c1-23(2)17-7-5-8-18(15-17)28-14-12-22(26-28)29-20-10-6-9-19(16-20)27-13-11-21(25-27)24(23,3)4;/h5-14H,1-4H3;/q-2;+2. The van der Waals surface area contributed by atoms with Gasteiger partial charge in [0.05, 0.1) is 5.69 Å². The number of aromatic nitrogens is 4. The molecule has 4 aromatic rings. The Balaban J connectivity index is 0.00000218. The summed E-state index contributed by atoms with van der Waals surface area (Å²) in [5.74, 6) is 0. The maximum atomic E-state index is 4.94. The van der Waals surface area contributed by atoms with Crippen molar-refractivity contribution in [3.8, 4) is 11.4 Å². The molecule has 2 aromatic carbocycles. The van der Waals surface area contributed by atoms with E-state index in [1.807, 2.05) is 46.0 Å². The molecule has 0 unspecified atom stereocenters. The summed E-state index contributed by atoms with van der Waals surface area (Å²) in [5, 5.41) is 10.6. The van der Waals surface area contributed by atoms with Crippen molar-refractivity contribution in [1.82, 2.24) is 19.6 Å². The summed E-state index contributed by atoms with van der Waals surface area (Å²) in [5.41, 5.74) is 3.64. The molecule has 6 heteroatoms. The molecule has 0 spiro atoms. The average molecular weight is 594 g/mol. The molecule has 30 heavy (non-hydrogen) atoms. The van der Waals surface area contributed by atoms with Crippen LogP contribution in [0.4, 0.5) is 0 Å². The van der Waals surface area contributed by atoms with Crippen LogP contribution in [0.25, 0.3) is 11.4 Å². The summed E-state index contributed by atoms with van der Waals surface area (Å²) in [6, 6.07) is 23.6. The summed E-state index contributed by atoms with van der Waals surface area (Å²) >= 11 is 1.60. The molecule has 0 amide bonds. The Morgan fingerprint density at radius 3 is 2.23 bits per heavy atom. The Kier molecular flexibility index (Phi) is 5.32. The predicted molar refractivity (Wildman–Crippen MR) is 115 cm³/mol. The molecule has 8 bridgehead atoms. The van der Waals surface area contributed by atoms with Crippen LogP contribution in [-0.4, -0.2) is 19.6 Å². The van der Waals surface area contributed by atoms with Crippen molar-refractivity contribution in [2.24, 2.45) is 0 Å². The topological polar surface area (TPSA) is 35.6 Å². The predicted octanol–water partition coefficient (Wildman–Crippen LogP) is 5.38. The molecule has 2 aromatic heterocycles. The minimum atomic E-state index is -0.213. The third-order valence-electron chi connectivity index (χ3n) is 6.27. The first-order valence-electron chi connectivity index (χ1n) is 9.70. The number of benzene rings is 2. The summed E-state index contributed by atoms with van der Waals surface area (Å²) < 4.78 is 3.81. The summed E-state index contributed by atoms with van der Waals surface area (Å²) in [7, 11) is 0. The smallest absolute Gasteiger partial charge is 0.265 e. The maximum Gasteiger partial charge on any atom is 2.00 e. The fourth-order valence-electron chi connectivity index (χ4n) is 3.64. The third-order valence-corrected chi connectivity index (χ3v) is 7.16. The Bertz CT molecular complexity index is 1210. The fourth-order valence-corrected chi connectivity index (χ4v) is 4.43. The number of hydrogen-bond donors (Lipinski definition) is 0. The van der Waals surface area contributed by atoms with Gasteiger partial charge in [0.1, 0.15) is 5.03 Å². The molecule has 154 valence electrons. The van der Waals surface area contributed by atoms with Gasteiger partial charge in [0, 0.05) is 17.8 Å². The van der Waals surface area contributed by atoms with Gasteiger partial charge in [0.25, 0.3) is 0 Å². The van der Waals surface area contributed by atoms with Crippen LogP contribution in [0.1, 0.15) is 39.0 Å². The number of hydrogen-bond acceptors (Lipinski definition) is 3. The minimum absolute atomic E-state index is 0. The summed E-state index contributed by atoms with van der Waals surface area (Å²) in [6.45, 7) is 9.02. The van der Waals surface area contributed by atoms with Gasteiger partial charge in [-0.25, -0.2) is 0 Å². The van der Waals surface area contributed by atoms with Crippen LogP contribution in [0.5, 0.6) is 0 Å². The molecule has 0 atom stereocenters. The van der Waals surface area contributed by atoms with Crippen molar-refractivity contribution in [1.29, 1.82) is 0 Å². The van der Waals surface area contributed by atoms with E-state index in [2.05, 4.69) is 64.1 Å². The molecule has 0 fully saturated rings. The Labute approximate surface area is 196 Å². The summed E-state index contributed by atoms with van der Waals surface area (Å²) in [4.78, 5) is 1.01. The van der Waals surface area contributed by atoms with E-state index in [1.54, 1.807) is 11.8 Å². The first-order chi connectivity index (χ1) is 13.8. The molecule has 0 saturated carbocycles. The van der Waals surface area contributed by atoms with E-state index >= 15 is 0 Å². The van der Waals surface area contributed by atoms with E-state index in [0.717, 1.165) is 32.6 Å². The SMILES string of the molecule is CC1(C)c2[c-]c(ccc2)-n2ccc(n2)Sc2[c-]c(ccc2)-n2ccc(n2)C1(C)C.[Pt+2]. The van der Waals surface area contributed by atoms with Gasteiger partial charge in [-0.3, -0.25) is 9.36 Å². The molecule has 0 aliphatic carbocycles. The third kappa shape index (κ3) is 3.38. The molecule has 0 N–H and O–H groups in total. The van der Waals surface area contributed by atoms with E-state index in [0.29, 0.717) is 0 Å². The maximum absolute atomic E-state index is 4.94. The number of rotatable bonds is 0. The van der Waals surface area contributed by atoms with Crippen molar-refractivity contribution in [2.75, 3.05) is 0 Å². The molecular weight excluding hydrogens is 571 g/mol. The van der Waals surface area contributed by atoms with Crippen molar-refractivity contribution in [3.63, 3.8) is 0 Å². The second kappa shape index (κ2) is 7.55. The first-order valence-corrected chi connectivity index (χ1v) is 10.5. The van der Waals surface area contributed by atoms with Gasteiger partial charge in [-0.05, 0) is 28.9 Å². The van der Waals surface area contributed by atoms with Crippen LogP contribution >= 0.6 is 11.8 Å². The number of nitrogens with zero attached hydrogens (tertiary/aromatic N) is 4. The molecule has 0 radical (unpaired) electrons. The second-order valence-corrected chi connectivity index (χ2v) is 9.51. The fraction of sp³-hybridized carbons (Fsp3) is 0.250. The van der Waals surface area contributed by atoms with E-state index in [1.165, 1.54) is 0 Å². The van der Waals surface area contributed by atoms with Crippen molar-refractivity contribution in [2.45, 2.75) is 48.4 Å². The molecule has 1 aliphatic heterocycles. The van der Waals surface area contributed by atoms with E-state index in [9.17, 15) is 0 Å². The Morgan fingerprint density at radius 1 is 0.767 bits per heavy atom. The minimum Gasteiger partial charge on any atom is -0.265 e. The molecule has 0 saturated heterocycles. The van der Waals surface area contributed by atoms with Crippen LogP contribution in [0.15, 0.2) is 70.8 Å². The van der Waals surface area contributed by atoms with Crippen LogP contribution in [0, 0.1) is 12.1 Å². The largest absolute Gasteiger partial charge is 2.00 e. The summed E-state index contributed by atoms with van der Waals surface area (Å²) in [6.07, 6.45) is 4.01. The molecular formula is C24H22N4PtS. The Hall–Kier alpha value is -2.10. The van der Waals surface area contributed by atoms with Crippen LogP contribution < -0.4 is 0 Å². The first kappa shape index (κ1) is 21.1. The van der Waals surface area contributed by atoms with Gasteiger partial charge >= 0.3 is 21.1 Å². The molecule has 1 aliphatic rings. The van der Waals surface area contributed by atoms with E-state index < -0.39 is 0 Å². The molecule has 3 heterocycles. The zero-order chi connectivity index (χ0) is 20.2. The van der Waals surface area contributed by atoms with Crippen LogP contribution in [0.2, 0.25) is 0 Å². The molecule has 5 rings (SSSR count). The van der Waals surface area contributed by atoms with Crippen LogP contribution in [0.3, 0.4) is 0 Å².